The number of hydrogen-bond donors (Lipinski definition) is 4. The molecule has 3 amide bonds. The summed E-state index contributed by atoms with van der Waals surface area (Å²) in [6.45, 7) is 7.60. The number of carboxylic acids is 1. The fourth-order valence-electron chi connectivity index (χ4n) is 1.53. The van der Waals surface area contributed by atoms with Gasteiger partial charge in [0.05, 0.1) is 0 Å². The quantitative estimate of drug-likeness (QED) is 0.556. The highest BCUT2D eigenvalue weighted by atomic mass is 16.4. The van der Waals surface area contributed by atoms with Gasteiger partial charge in [-0.1, -0.05) is 13.3 Å². The van der Waals surface area contributed by atoms with Crippen molar-refractivity contribution in [2.75, 3.05) is 6.54 Å². The van der Waals surface area contributed by atoms with E-state index < -0.39 is 18.0 Å². The molecule has 0 heterocycles. The van der Waals surface area contributed by atoms with Crippen molar-refractivity contribution >= 4 is 17.9 Å². The molecule has 4 N–H and O–H groups in total. The zero-order valence-corrected chi connectivity index (χ0v) is 12.6. The lowest BCUT2D eigenvalue weighted by atomic mass is 10.1. The maximum Gasteiger partial charge on any atom is 0.326 e. The average molecular weight is 287 g/mol. The van der Waals surface area contributed by atoms with E-state index >= 15 is 0 Å². The lowest BCUT2D eigenvalue weighted by Gasteiger charge is -2.20. The summed E-state index contributed by atoms with van der Waals surface area (Å²) in [7, 11) is 0. The molecule has 0 aromatic carbocycles. The number of rotatable bonds is 7. The summed E-state index contributed by atoms with van der Waals surface area (Å²) in [5, 5.41) is 16.5. The summed E-state index contributed by atoms with van der Waals surface area (Å²) in [4.78, 5) is 33.8. The van der Waals surface area contributed by atoms with Crippen molar-refractivity contribution in [2.45, 2.75) is 58.5 Å². The van der Waals surface area contributed by atoms with E-state index in [1.54, 1.807) is 0 Å². The van der Waals surface area contributed by atoms with E-state index in [1.165, 1.54) is 0 Å². The maximum atomic E-state index is 11.5. The minimum Gasteiger partial charge on any atom is -0.480 e. The summed E-state index contributed by atoms with van der Waals surface area (Å²) in [6.07, 6.45) is 1.18. The van der Waals surface area contributed by atoms with Crippen molar-refractivity contribution in [3.05, 3.63) is 0 Å². The van der Waals surface area contributed by atoms with E-state index in [4.69, 9.17) is 5.11 Å². The third kappa shape index (κ3) is 9.18. The second kappa shape index (κ2) is 8.39. The van der Waals surface area contributed by atoms with Crippen molar-refractivity contribution in [3.63, 3.8) is 0 Å². The Morgan fingerprint density at radius 2 is 1.80 bits per heavy atom. The van der Waals surface area contributed by atoms with Crippen molar-refractivity contribution in [1.29, 1.82) is 0 Å². The Labute approximate surface area is 119 Å². The standard InChI is InChI=1S/C13H25N3O4/c1-5-6-9(11(18)19)15-12(20)14-8-7-10(17)16-13(2,3)4/h9H,5-8H2,1-4H3,(H,16,17)(H,18,19)(H2,14,15,20). The van der Waals surface area contributed by atoms with E-state index in [-0.39, 0.29) is 24.4 Å². The van der Waals surface area contributed by atoms with Crippen LogP contribution in [0.3, 0.4) is 0 Å². The molecule has 0 saturated heterocycles. The molecule has 7 heteroatoms. The molecule has 1 unspecified atom stereocenters. The molecule has 116 valence electrons. The summed E-state index contributed by atoms with van der Waals surface area (Å²) < 4.78 is 0. The number of amides is 3. The molecule has 0 radical (unpaired) electrons. The number of urea groups is 1. The van der Waals surface area contributed by atoms with Gasteiger partial charge in [0.2, 0.25) is 5.91 Å². The summed E-state index contributed by atoms with van der Waals surface area (Å²) in [5.41, 5.74) is -0.311. The van der Waals surface area contributed by atoms with Gasteiger partial charge in [-0.05, 0) is 27.2 Å². The lowest BCUT2D eigenvalue weighted by Crippen LogP contribution is -2.47. The largest absolute Gasteiger partial charge is 0.480 e. The first-order valence-corrected chi connectivity index (χ1v) is 6.74. The van der Waals surface area contributed by atoms with Gasteiger partial charge in [-0.25, -0.2) is 9.59 Å². The lowest BCUT2D eigenvalue weighted by molar-refractivity contribution is -0.139. The third-order valence-electron chi connectivity index (χ3n) is 2.33. The zero-order chi connectivity index (χ0) is 15.8. The predicted molar refractivity (Wildman–Crippen MR) is 75.4 cm³/mol. The van der Waals surface area contributed by atoms with Gasteiger partial charge in [0.25, 0.3) is 0 Å². The Hall–Kier alpha value is -1.79. The van der Waals surface area contributed by atoms with E-state index in [9.17, 15) is 14.4 Å². The first-order valence-electron chi connectivity index (χ1n) is 6.74. The Bertz CT molecular complexity index is 350. The van der Waals surface area contributed by atoms with Crippen LogP contribution in [0.4, 0.5) is 4.79 Å². The second-order valence-corrected chi connectivity index (χ2v) is 5.63. The Morgan fingerprint density at radius 1 is 1.20 bits per heavy atom. The molecule has 0 aliphatic heterocycles. The highest BCUT2D eigenvalue weighted by Gasteiger charge is 2.18. The molecule has 1 atom stereocenters. The number of nitrogens with one attached hydrogen (secondary N) is 3. The van der Waals surface area contributed by atoms with E-state index in [1.807, 2.05) is 27.7 Å². The van der Waals surface area contributed by atoms with Gasteiger partial charge in [-0.3, -0.25) is 4.79 Å². The van der Waals surface area contributed by atoms with Crippen LogP contribution >= 0.6 is 0 Å². The van der Waals surface area contributed by atoms with Crippen LogP contribution in [0, 0.1) is 0 Å². The fraction of sp³-hybridized carbons (Fsp3) is 0.769. The van der Waals surface area contributed by atoms with Gasteiger partial charge in [-0.15, -0.1) is 0 Å². The van der Waals surface area contributed by atoms with Crippen molar-refractivity contribution < 1.29 is 19.5 Å². The molecule has 0 aromatic heterocycles. The van der Waals surface area contributed by atoms with Crippen LogP contribution in [-0.2, 0) is 9.59 Å². The van der Waals surface area contributed by atoms with Gasteiger partial charge in [-0.2, -0.15) is 0 Å². The molecular formula is C13H25N3O4. The van der Waals surface area contributed by atoms with Gasteiger partial charge < -0.3 is 21.1 Å². The SMILES string of the molecule is CCCC(NC(=O)NCCC(=O)NC(C)(C)C)C(=O)O. The van der Waals surface area contributed by atoms with Crippen LogP contribution in [-0.4, -0.2) is 41.1 Å². The number of hydrogen-bond acceptors (Lipinski definition) is 3. The Morgan fingerprint density at radius 3 is 2.25 bits per heavy atom. The number of carbonyl (C=O) groups is 3. The monoisotopic (exact) mass is 287 g/mol. The van der Waals surface area contributed by atoms with Crippen LogP contribution in [0.25, 0.3) is 0 Å². The van der Waals surface area contributed by atoms with Gasteiger partial charge in [0, 0.05) is 18.5 Å². The molecule has 0 saturated carbocycles. The predicted octanol–water partition coefficient (Wildman–Crippen LogP) is 0.844. The van der Waals surface area contributed by atoms with Crippen molar-refractivity contribution in [2.24, 2.45) is 0 Å². The number of aliphatic carboxylic acids is 1. The van der Waals surface area contributed by atoms with Crippen LogP contribution in [0.5, 0.6) is 0 Å². The number of carbonyl (C=O) groups excluding carboxylic acids is 2. The zero-order valence-electron chi connectivity index (χ0n) is 12.6. The molecule has 0 bridgehead atoms. The van der Waals surface area contributed by atoms with E-state index in [0.29, 0.717) is 12.8 Å². The normalized spacial score (nSPS) is 12.4. The second-order valence-electron chi connectivity index (χ2n) is 5.63. The molecule has 0 rings (SSSR count). The molecule has 0 aromatic rings. The highest BCUT2D eigenvalue weighted by Crippen LogP contribution is 1.99. The fourth-order valence-corrected chi connectivity index (χ4v) is 1.53. The molecular weight excluding hydrogens is 262 g/mol. The highest BCUT2D eigenvalue weighted by molar-refractivity contribution is 5.83. The minimum atomic E-state index is -1.06. The summed E-state index contributed by atoms with van der Waals surface area (Å²) in [6, 6.07) is -1.47. The van der Waals surface area contributed by atoms with E-state index in [0.717, 1.165) is 0 Å². The van der Waals surface area contributed by atoms with Crippen LogP contribution in [0.2, 0.25) is 0 Å². The molecule has 0 spiro atoms. The summed E-state index contributed by atoms with van der Waals surface area (Å²) >= 11 is 0. The maximum absolute atomic E-state index is 11.5. The van der Waals surface area contributed by atoms with Gasteiger partial charge >= 0.3 is 12.0 Å². The molecule has 0 aliphatic carbocycles. The van der Waals surface area contributed by atoms with Gasteiger partial charge in [0.1, 0.15) is 6.04 Å². The first kappa shape index (κ1) is 18.2. The van der Waals surface area contributed by atoms with Crippen LogP contribution < -0.4 is 16.0 Å². The minimum absolute atomic E-state index is 0.149. The molecule has 0 aliphatic rings. The Balaban J connectivity index is 3.99. The van der Waals surface area contributed by atoms with Crippen LogP contribution in [0.15, 0.2) is 0 Å². The molecule has 7 nitrogen and oxygen atoms in total. The molecule has 0 fully saturated rings. The Kier molecular flexibility index (Phi) is 7.64. The summed E-state index contributed by atoms with van der Waals surface area (Å²) in [5.74, 6) is -1.23. The molecule has 20 heavy (non-hydrogen) atoms. The van der Waals surface area contributed by atoms with Crippen LogP contribution in [0.1, 0.15) is 47.0 Å². The average Bonchev–Trinajstić information content (AvgIpc) is 2.25. The first-order chi connectivity index (χ1) is 9.15. The third-order valence-corrected chi connectivity index (χ3v) is 2.33. The van der Waals surface area contributed by atoms with Gasteiger partial charge in [0.15, 0.2) is 0 Å². The topological polar surface area (TPSA) is 108 Å². The number of carboxylic acid groups (broad SMARTS) is 1. The van der Waals surface area contributed by atoms with E-state index in [2.05, 4.69) is 16.0 Å². The van der Waals surface area contributed by atoms with Crippen molar-refractivity contribution in [3.8, 4) is 0 Å². The van der Waals surface area contributed by atoms with Crippen molar-refractivity contribution in [1.82, 2.24) is 16.0 Å². The smallest absolute Gasteiger partial charge is 0.326 e.